The molecule has 0 amide bonds. The molecule has 0 N–H and O–H groups in total. The standard InChI is InChI=1S/C20H18INO3/c1-24-18-11-15(16(21)12-19(18)25-2)13-22-10-6-9-17(22)20(23)14-7-4-3-5-8-14/h3-12H,13H2,1-2H3. The molecule has 128 valence electrons. The maximum absolute atomic E-state index is 12.8. The molecule has 0 atom stereocenters. The van der Waals surface area contributed by atoms with Gasteiger partial charge in [0, 0.05) is 21.9 Å². The summed E-state index contributed by atoms with van der Waals surface area (Å²) < 4.78 is 13.7. The van der Waals surface area contributed by atoms with Gasteiger partial charge in [0.25, 0.3) is 0 Å². The van der Waals surface area contributed by atoms with E-state index in [1.54, 1.807) is 14.2 Å². The van der Waals surface area contributed by atoms with Crippen molar-refractivity contribution in [1.82, 2.24) is 4.57 Å². The number of ether oxygens (including phenoxy) is 2. The Morgan fingerprint density at radius 1 is 1.00 bits per heavy atom. The molecule has 0 bridgehead atoms. The minimum Gasteiger partial charge on any atom is -0.493 e. The zero-order valence-corrected chi connectivity index (χ0v) is 16.2. The molecule has 0 fully saturated rings. The fourth-order valence-corrected chi connectivity index (χ4v) is 3.31. The number of nitrogens with zero attached hydrogens (tertiary/aromatic N) is 1. The van der Waals surface area contributed by atoms with Crippen molar-refractivity contribution in [3.05, 3.63) is 81.2 Å². The minimum atomic E-state index is 0.0149. The summed E-state index contributed by atoms with van der Waals surface area (Å²) in [6.45, 7) is 0.583. The van der Waals surface area contributed by atoms with Crippen LogP contribution in [0.2, 0.25) is 0 Å². The molecule has 4 nitrogen and oxygen atoms in total. The monoisotopic (exact) mass is 447 g/mol. The summed E-state index contributed by atoms with van der Waals surface area (Å²) in [6.07, 6.45) is 1.92. The van der Waals surface area contributed by atoms with Crippen LogP contribution in [0.25, 0.3) is 0 Å². The first-order valence-corrected chi connectivity index (χ1v) is 8.87. The number of benzene rings is 2. The van der Waals surface area contributed by atoms with E-state index in [1.165, 1.54) is 0 Å². The second-order valence-electron chi connectivity index (χ2n) is 5.52. The van der Waals surface area contributed by atoms with Crippen LogP contribution in [-0.2, 0) is 6.54 Å². The van der Waals surface area contributed by atoms with Crippen LogP contribution in [0.3, 0.4) is 0 Å². The summed E-state index contributed by atoms with van der Waals surface area (Å²) in [4.78, 5) is 12.8. The minimum absolute atomic E-state index is 0.0149. The van der Waals surface area contributed by atoms with Crippen molar-refractivity contribution < 1.29 is 14.3 Å². The van der Waals surface area contributed by atoms with Crippen molar-refractivity contribution in [2.24, 2.45) is 0 Å². The van der Waals surface area contributed by atoms with Crippen LogP contribution in [0.1, 0.15) is 21.6 Å². The highest BCUT2D eigenvalue weighted by molar-refractivity contribution is 14.1. The molecule has 3 aromatic rings. The summed E-state index contributed by atoms with van der Waals surface area (Å²) in [6, 6.07) is 17.0. The van der Waals surface area contributed by atoms with Crippen molar-refractivity contribution in [2.45, 2.75) is 6.54 Å². The van der Waals surface area contributed by atoms with Gasteiger partial charge in [-0.25, -0.2) is 0 Å². The van der Waals surface area contributed by atoms with E-state index in [1.807, 2.05) is 65.4 Å². The molecule has 25 heavy (non-hydrogen) atoms. The van der Waals surface area contributed by atoms with Gasteiger partial charge in [-0.3, -0.25) is 4.79 Å². The van der Waals surface area contributed by atoms with Gasteiger partial charge in [0.15, 0.2) is 11.5 Å². The molecule has 0 aliphatic rings. The molecular formula is C20H18INO3. The van der Waals surface area contributed by atoms with E-state index in [9.17, 15) is 4.79 Å². The maximum Gasteiger partial charge on any atom is 0.209 e. The lowest BCUT2D eigenvalue weighted by molar-refractivity contribution is 0.103. The third kappa shape index (κ3) is 3.71. The third-order valence-corrected chi connectivity index (χ3v) is 5.00. The third-order valence-electron chi connectivity index (χ3n) is 3.99. The van der Waals surface area contributed by atoms with Gasteiger partial charge in [-0.2, -0.15) is 0 Å². The normalized spacial score (nSPS) is 10.5. The van der Waals surface area contributed by atoms with Crippen LogP contribution in [0.15, 0.2) is 60.8 Å². The lowest BCUT2D eigenvalue weighted by Gasteiger charge is -2.14. The summed E-state index contributed by atoms with van der Waals surface area (Å²) in [5.41, 5.74) is 2.41. The number of methoxy groups -OCH3 is 2. The lowest BCUT2D eigenvalue weighted by atomic mass is 10.1. The highest BCUT2D eigenvalue weighted by Gasteiger charge is 2.15. The van der Waals surface area contributed by atoms with Crippen LogP contribution in [0.5, 0.6) is 11.5 Å². The number of hydrogen-bond acceptors (Lipinski definition) is 3. The van der Waals surface area contributed by atoms with Gasteiger partial charge >= 0.3 is 0 Å². The van der Waals surface area contributed by atoms with E-state index in [-0.39, 0.29) is 5.78 Å². The Labute approximate surface area is 160 Å². The molecule has 0 aliphatic carbocycles. The van der Waals surface area contributed by atoms with Gasteiger partial charge in [0.1, 0.15) is 0 Å². The zero-order chi connectivity index (χ0) is 17.8. The van der Waals surface area contributed by atoms with Crippen LogP contribution in [0.4, 0.5) is 0 Å². The van der Waals surface area contributed by atoms with E-state index in [0.717, 1.165) is 9.13 Å². The molecular weight excluding hydrogens is 429 g/mol. The predicted octanol–water partition coefficient (Wildman–Crippen LogP) is 4.39. The first-order valence-electron chi connectivity index (χ1n) is 7.79. The van der Waals surface area contributed by atoms with Crippen molar-refractivity contribution >= 4 is 28.4 Å². The number of ketones is 1. The van der Waals surface area contributed by atoms with Gasteiger partial charge in [-0.1, -0.05) is 30.3 Å². The number of carbonyl (C=O) groups excluding carboxylic acids is 1. The van der Waals surface area contributed by atoms with Crippen molar-refractivity contribution in [3.8, 4) is 11.5 Å². The predicted molar refractivity (Wildman–Crippen MR) is 106 cm³/mol. The van der Waals surface area contributed by atoms with Crippen LogP contribution in [-0.4, -0.2) is 24.6 Å². The van der Waals surface area contributed by atoms with E-state index in [4.69, 9.17) is 9.47 Å². The van der Waals surface area contributed by atoms with Gasteiger partial charge in [-0.15, -0.1) is 0 Å². The fraction of sp³-hybridized carbons (Fsp3) is 0.150. The average molecular weight is 447 g/mol. The molecule has 0 radical (unpaired) electrons. The summed E-state index contributed by atoms with van der Waals surface area (Å²) in [7, 11) is 3.24. The van der Waals surface area contributed by atoms with Crippen molar-refractivity contribution in [1.29, 1.82) is 0 Å². The van der Waals surface area contributed by atoms with Gasteiger partial charge in [0.2, 0.25) is 5.78 Å². The topological polar surface area (TPSA) is 40.5 Å². The van der Waals surface area contributed by atoms with Gasteiger partial charge < -0.3 is 14.0 Å². The second-order valence-corrected chi connectivity index (χ2v) is 6.68. The Balaban J connectivity index is 1.93. The number of carbonyl (C=O) groups is 1. The number of hydrogen-bond donors (Lipinski definition) is 0. The molecule has 0 aliphatic heterocycles. The Bertz CT molecular complexity index is 887. The molecule has 2 aromatic carbocycles. The molecule has 0 saturated heterocycles. The zero-order valence-electron chi connectivity index (χ0n) is 14.0. The largest absolute Gasteiger partial charge is 0.493 e. The number of aromatic nitrogens is 1. The molecule has 0 spiro atoms. The second kappa shape index (κ2) is 7.74. The quantitative estimate of drug-likeness (QED) is 0.416. The number of rotatable bonds is 6. The average Bonchev–Trinajstić information content (AvgIpc) is 3.11. The smallest absolute Gasteiger partial charge is 0.209 e. The highest BCUT2D eigenvalue weighted by atomic mass is 127. The Morgan fingerprint density at radius 3 is 2.36 bits per heavy atom. The molecule has 0 unspecified atom stereocenters. The summed E-state index contributed by atoms with van der Waals surface area (Å²) in [5.74, 6) is 1.39. The Hall–Kier alpha value is -2.28. The van der Waals surface area contributed by atoms with E-state index in [0.29, 0.717) is 29.3 Å². The molecule has 3 rings (SSSR count). The molecule has 5 heteroatoms. The molecule has 0 saturated carbocycles. The maximum atomic E-state index is 12.8. The number of halogens is 1. The lowest BCUT2D eigenvalue weighted by Crippen LogP contribution is -2.11. The summed E-state index contributed by atoms with van der Waals surface area (Å²) in [5, 5.41) is 0. The highest BCUT2D eigenvalue weighted by Crippen LogP contribution is 2.32. The SMILES string of the molecule is COc1cc(I)c(Cn2cccc2C(=O)c2ccccc2)cc1OC. The van der Waals surface area contributed by atoms with Crippen LogP contribution in [0, 0.1) is 3.57 Å². The van der Waals surface area contributed by atoms with E-state index in [2.05, 4.69) is 22.6 Å². The molecule has 1 heterocycles. The summed E-state index contributed by atoms with van der Waals surface area (Å²) >= 11 is 2.27. The van der Waals surface area contributed by atoms with Crippen LogP contribution < -0.4 is 9.47 Å². The van der Waals surface area contributed by atoms with Gasteiger partial charge in [-0.05, 0) is 52.4 Å². The van der Waals surface area contributed by atoms with Gasteiger partial charge in [0.05, 0.1) is 19.9 Å². The fourth-order valence-electron chi connectivity index (χ4n) is 2.70. The van der Waals surface area contributed by atoms with Crippen molar-refractivity contribution in [2.75, 3.05) is 14.2 Å². The first kappa shape index (κ1) is 17.5. The van der Waals surface area contributed by atoms with E-state index >= 15 is 0 Å². The Kier molecular flexibility index (Phi) is 5.43. The van der Waals surface area contributed by atoms with Crippen LogP contribution >= 0.6 is 22.6 Å². The first-order chi connectivity index (χ1) is 12.1. The van der Waals surface area contributed by atoms with E-state index < -0.39 is 0 Å². The Morgan fingerprint density at radius 2 is 1.68 bits per heavy atom. The molecule has 1 aromatic heterocycles. The van der Waals surface area contributed by atoms with Crippen molar-refractivity contribution in [3.63, 3.8) is 0 Å².